The molecule has 0 amide bonds. The number of nitrogens with zero attached hydrogens (tertiary/aromatic N) is 2. The fourth-order valence-corrected chi connectivity index (χ4v) is 2.06. The zero-order chi connectivity index (χ0) is 12.0. The van der Waals surface area contributed by atoms with Gasteiger partial charge in [-0.3, -0.25) is 0 Å². The van der Waals surface area contributed by atoms with E-state index in [0.717, 1.165) is 23.8 Å². The molecular formula is C10H19N5S. The SMILES string of the molecule is CCC(CSC)Nc1cc(NC)nc(N)n1. The van der Waals surface area contributed by atoms with Crippen molar-refractivity contribution in [1.82, 2.24) is 9.97 Å². The lowest BCUT2D eigenvalue weighted by Crippen LogP contribution is -2.22. The first-order valence-corrected chi connectivity index (χ1v) is 6.66. The molecule has 16 heavy (non-hydrogen) atoms. The normalized spacial score (nSPS) is 12.2. The van der Waals surface area contributed by atoms with E-state index in [2.05, 4.69) is 33.8 Å². The summed E-state index contributed by atoms with van der Waals surface area (Å²) in [5.41, 5.74) is 5.62. The predicted octanol–water partition coefficient (Wildman–Crippen LogP) is 1.65. The van der Waals surface area contributed by atoms with Gasteiger partial charge in [-0.15, -0.1) is 0 Å². The molecule has 1 heterocycles. The van der Waals surface area contributed by atoms with Crippen molar-refractivity contribution in [1.29, 1.82) is 0 Å². The molecule has 0 saturated carbocycles. The molecule has 1 atom stereocenters. The molecule has 4 N–H and O–H groups in total. The predicted molar refractivity (Wildman–Crippen MR) is 72.1 cm³/mol. The van der Waals surface area contributed by atoms with E-state index in [0.29, 0.717) is 6.04 Å². The van der Waals surface area contributed by atoms with Crippen molar-refractivity contribution in [2.24, 2.45) is 0 Å². The molecule has 1 aromatic heterocycles. The summed E-state index contributed by atoms with van der Waals surface area (Å²) in [6, 6.07) is 2.27. The summed E-state index contributed by atoms with van der Waals surface area (Å²) in [5.74, 6) is 2.84. The second-order valence-electron chi connectivity index (χ2n) is 3.45. The van der Waals surface area contributed by atoms with Crippen LogP contribution in [0.1, 0.15) is 13.3 Å². The molecule has 0 aliphatic heterocycles. The smallest absolute Gasteiger partial charge is 0.223 e. The average molecular weight is 241 g/mol. The van der Waals surface area contributed by atoms with E-state index >= 15 is 0 Å². The molecule has 1 rings (SSSR count). The highest BCUT2D eigenvalue weighted by molar-refractivity contribution is 7.98. The molecule has 0 aliphatic carbocycles. The number of nitrogen functional groups attached to an aromatic ring is 1. The minimum Gasteiger partial charge on any atom is -0.373 e. The maximum atomic E-state index is 5.62. The van der Waals surface area contributed by atoms with E-state index in [1.165, 1.54) is 0 Å². The van der Waals surface area contributed by atoms with E-state index in [-0.39, 0.29) is 5.95 Å². The zero-order valence-electron chi connectivity index (χ0n) is 9.95. The molecule has 0 saturated heterocycles. The number of anilines is 3. The van der Waals surface area contributed by atoms with Crippen molar-refractivity contribution in [3.63, 3.8) is 0 Å². The van der Waals surface area contributed by atoms with Crippen LogP contribution >= 0.6 is 11.8 Å². The Labute approximate surface area is 101 Å². The molecule has 1 aromatic rings. The number of nitrogens with two attached hydrogens (primary N) is 1. The van der Waals surface area contributed by atoms with Gasteiger partial charge in [-0.1, -0.05) is 6.92 Å². The Morgan fingerprint density at radius 1 is 1.44 bits per heavy atom. The third-order valence-corrected chi connectivity index (χ3v) is 2.95. The summed E-state index contributed by atoms with van der Waals surface area (Å²) < 4.78 is 0. The molecule has 0 spiro atoms. The molecular weight excluding hydrogens is 222 g/mol. The van der Waals surface area contributed by atoms with Gasteiger partial charge in [0, 0.05) is 24.9 Å². The van der Waals surface area contributed by atoms with Gasteiger partial charge in [-0.05, 0) is 12.7 Å². The van der Waals surface area contributed by atoms with E-state index < -0.39 is 0 Å². The lowest BCUT2D eigenvalue weighted by Gasteiger charge is -2.16. The minimum absolute atomic E-state index is 0.286. The van der Waals surface area contributed by atoms with Crippen LogP contribution in [0.3, 0.4) is 0 Å². The van der Waals surface area contributed by atoms with Crippen LogP contribution in [0, 0.1) is 0 Å². The van der Waals surface area contributed by atoms with Crippen molar-refractivity contribution >= 4 is 29.3 Å². The highest BCUT2D eigenvalue weighted by Gasteiger charge is 2.07. The van der Waals surface area contributed by atoms with Crippen LogP contribution in [0.5, 0.6) is 0 Å². The lowest BCUT2D eigenvalue weighted by molar-refractivity contribution is 0.769. The monoisotopic (exact) mass is 241 g/mol. The van der Waals surface area contributed by atoms with Crippen molar-refractivity contribution in [3.8, 4) is 0 Å². The number of thioether (sulfide) groups is 1. The molecule has 5 nitrogen and oxygen atoms in total. The molecule has 90 valence electrons. The average Bonchev–Trinajstić information content (AvgIpc) is 2.27. The Balaban J connectivity index is 2.74. The number of aromatic nitrogens is 2. The van der Waals surface area contributed by atoms with E-state index in [9.17, 15) is 0 Å². The van der Waals surface area contributed by atoms with Crippen LogP contribution < -0.4 is 16.4 Å². The Bertz CT molecular complexity index is 331. The van der Waals surface area contributed by atoms with Gasteiger partial charge in [0.05, 0.1) is 0 Å². The number of nitrogens with one attached hydrogen (secondary N) is 2. The Kier molecular flexibility index (Phi) is 5.18. The van der Waals surface area contributed by atoms with Crippen molar-refractivity contribution in [3.05, 3.63) is 6.07 Å². The standard InChI is InChI=1S/C10H19N5S/c1-4-7(6-16-3)13-9-5-8(12-2)14-10(11)15-9/h5,7H,4,6H2,1-3H3,(H4,11,12,13,14,15). The first-order valence-electron chi connectivity index (χ1n) is 5.27. The van der Waals surface area contributed by atoms with Crippen LogP contribution in [0.15, 0.2) is 6.07 Å². The molecule has 0 aromatic carbocycles. The Morgan fingerprint density at radius 3 is 2.69 bits per heavy atom. The second-order valence-corrected chi connectivity index (χ2v) is 4.36. The van der Waals surface area contributed by atoms with Crippen LogP contribution in [-0.4, -0.2) is 35.1 Å². The number of rotatable bonds is 6. The summed E-state index contributed by atoms with van der Waals surface area (Å²) in [7, 11) is 1.81. The highest BCUT2D eigenvalue weighted by Crippen LogP contribution is 2.14. The summed E-state index contributed by atoms with van der Waals surface area (Å²) in [6.07, 6.45) is 3.15. The summed E-state index contributed by atoms with van der Waals surface area (Å²) in [5, 5.41) is 6.31. The van der Waals surface area contributed by atoms with Gasteiger partial charge in [0.25, 0.3) is 0 Å². The Morgan fingerprint density at radius 2 is 2.12 bits per heavy atom. The molecule has 0 aliphatic rings. The van der Waals surface area contributed by atoms with Crippen molar-refractivity contribution in [2.45, 2.75) is 19.4 Å². The van der Waals surface area contributed by atoms with Gasteiger partial charge in [0.15, 0.2) is 0 Å². The Hall–Kier alpha value is -1.17. The van der Waals surface area contributed by atoms with Crippen LogP contribution in [0.4, 0.5) is 17.6 Å². The first kappa shape index (κ1) is 12.9. The van der Waals surface area contributed by atoms with Gasteiger partial charge < -0.3 is 16.4 Å². The van der Waals surface area contributed by atoms with Crippen molar-refractivity contribution in [2.75, 3.05) is 35.4 Å². The van der Waals surface area contributed by atoms with Crippen LogP contribution in [-0.2, 0) is 0 Å². The van der Waals surface area contributed by atoms with E-state index in [1.807, 2.05) is 24.9 Å². The summed E-state index contributed by atoms with van der Waals surface area (Å²) in [4.78, 5) is 8.20. The topological polar surface area (TPSA) is 75.9 Å². The largest absolute Gasteiger partial charge is 0.373 e. The third-order valence-electron chi connectivity index (χ3n) is 2.21. The van der Waals surface area contributed by atoms with Gasteiger partial charge in [-0.25, -0.2) is 0 Å². The van der Waals surface area contributed by atoms with Crippen LogP contribution in [0.2, 0.25) is 0 Å². The van der Waals surface area contributed by atoms with Gasteiger partial charge in [-0.2, -0.15) is 21.7 Å². The van der Waals surface area contributed by atoms with Gasteiger partial charge >= 0.3 is 0 Å². The van der Waals surface area contributed by atoms with Crippen LogP contribution in [0.25, 0.3) is 0 Å². The molecule has 0 radical (unpaired) electrons. The van der Waals surface area contributed by atoms with E-state index in [4.69, 9.17) is 5.73 Å². The molecule has 0 fully saturated rings. The second kappa shape index (κ2) is 6.42. The summed E-state index contributed by atoms with van der Waals surface area (Å²) >= 11 is 1.81. The fourth-order valence-electron chi connectivity index (χ4n) is 1.34. The van der Waals surface area contributed by atoms with E-state index in [1.54, 1.807) is 0 Å². The minimum atomic E-state index is 0.286. The van der Waals surface area contributed by atoms with Crippen molar-refractivity contribution < 1.29 is 0 Å². The number of hydrogen-bond acceptors (Lipinski definition) is 6. The van der Waals surface area contributed by atoms with Gasteiger partial charge in [0.1, 0.15) is 11.6 Å². The molecule has 6 heteroatoms. The maximum Gasteiger partial charge on any atom is 0.223 e. The first-order chi connectivity index (χ1) is 7.69. The molecule has 1 unspecified atom stereocenters. The lowest BCUT2D eigenvalue weighted by atomic mass is 10.2. The molecule has 0 bridgehead atoms. The quantitative estimate of drug-likeness (QED) is 0.703. The maximum absolute atomic E-state index is 5.62. The summed E-state index contributed by atoms with van der Waals surface area (Å²) in [6.45, 7) is 2.15. The number of hydrogen-bond donors (Lipinski definition) is 3. The third kappa shape index (κ3) is 3.77. The fraction of sp³-hybridized carbons (Fsp3) is 0.600. The zero-order valence-corrected chi connectivity index (χ0v) is 10.8. The highest BCUT2D eigenvalue weighted by atomic mass is 32.2. The van der Waals surface area contributed by atoms with Gasteiger partial charge in [0.2, 0.25) is 5.95 Å².